The number of ether oxygens (including phenoxy) is 1. The van der Waals surface area contributed by atoms with Crippen molar-refractivity contribution in [1.29, 1.82) is 0 Å². The van der Waals surface area contributed by atoms with Gasteiger partial charge in [-0.2, -0.15) is 0 Å². The second kappa shape index (κ2) is 7.91. The highest BCUT2D eigenvalue weighted by Gasteiger charge is 2.23. The van der Waals surface area contributed by atoms with Gasteiger partial charge in [0.05, 0.1) is 18.8 Å². The SMILES string of the molecule is CC(O)CNC(OC(O)C(O)CO)C(C)O. The molecular formula is C9H21NO6. The molecule has 5 unspecified atom stereocenters. The molecule has 7 nitrogen and oxygen atoms in total. The first-order chi connectivity index (χ1) is 7.38. The van der Waals surface area contributed by atoms with Crippen molar-refractivity contribution in [3.8, 4) is 0 Å². The number of hydrogen-bond acceptors (Lipinski definition) is 7. The van der Waals surface area contributed by atoms with E-state index in [1.807, 2.05) is 0 Å². The van der Waals surface area contributed by atoms with Gasteiger partial charge in [0.1, 0.15) is 12.3 Å². The molecule has 0 rings (SSSR count). The zero-order chi connectivity index (χ0) is 12.7. The Morgan fingerprint density at radius 3 is 2.06 bits per heavy atom. The van der Waals surface area contributed by atoms with Crippen LogP contribution < -0.4 is 5.32 Å². The van der Waals surface area contributed by atoms with Gasteiger partial charge in [0, 0.05) is 6.54 Å². The Balaban J connectivity index is 4.12. The van der Waals surface area contributed by atoms with E-state index in [0.717, 1.165) is 0 Å². The third kappa shape index (κ3) is 6.33. The standard InChI is InChI=1S/C9H21NO6/c1-5(12)3-10-8(6(2)13)16-9(15)7(14)4-11/h5-15H,3-4H2,1-2H3. The molecule has 0 fully saturated rings. The van der Waals surface area contributed by atoms with E-state index >= 15 is 0 Å². The molecule has 0 spiro atoms. The first-order valence-electron chi connectivity index (χ1n) is 5.10. The molecule has 5 atom stereocenters. The van der Waals surface area contributed by atoms with Gasteiger partial charge in [-0.05, 0) is 13.8 Å². The van der Waals surface area contributed by atoms with Crippen molar-refractivity contribution in [2.75, 3.05) is 13.2 Å². The summed E-state index contributed by atoms with van der Waals surface area (Å²) in [6, 6.07) is 0. The highest BCUT2D eigenvalue weighted by molar-refractivity contribution is 4.67. The van der Waals surface area contributed by atoms with Crippen LogP contribution in [0, 0.1) is 0 Å². The Bertz CT molecular complexity index is 177. The Labute approximate surface area is 94.3 Å². The third-order valence-electron chi connectivity index (χ3n) is 1.85. The number of hydrogen-bond donors (Lipinski definition) is 6. The Kier molecular flexibility index (Phi) is 7.77. The molecule has 6 N–H and O–H groups in total. The molecule has 0 heterocycles. The fourth-order valence-corrected chi connectivity index (χ4v) is 0.950. The normalized spacial score (nSPS) is 21.2. The topological polar surface area (TPSA) is 122 Å². The van der Waals surface area contributed by atoms with E-state index in [1.54, 1.807) is 6.92 Å². The van der Waals surface area contributed by atoms with Gasteiger partial charge in [-0.15, -0.1) is 0 Å². The van der Waals surface area contributed by atoms with Gasteiger partial charge in [0.15, 0.2) is 6.29 Å². The number of rotatable bonds is 8. The lowest BCUT2D eigenvalue weighted by Gasteiger charge is -2.27. The Hall–Kier alpha value is -0.280. The lowest BCUT2D eigenvalue weighted by Crippen LogP contribution is -2.48. The zero-order valence-corrected chi connectivity index (χ0v) is 9.45. The molecule has 7 heteroatoms. The van der Waals surface area contributed by atoms with Crippen molar-refractivity contribution in [2.45, 2.75) is 44.7 Å². The highest BCUT2D eigenvalue weighted by atomic mass is 16.6. The molecule has 0 aromatic carbocycles. The Morgan fingerprint density at radius 1 is 1.12 bits per heavy atom. The van der Waals surface area contributed by atoms with Crippen LogP contribution in [0.3, 0.4) is 0 Å². The molecule has 0 aliphatic heterocycles. The van der Waals surface area contributed by atoms with E-state index in [1.165, 1.54) is 6.92 Å². The maximum Gasteiger partial charge on any atom is 0.185 e. The van der Waals surface area contributed by atoms with Crippen LogP contribution in [0.15, 0.2) is 0 Å². The van der Waals surface area contributed by atoms with E-state index in [4.69, 9.17) is 20.1 Å². The summed E-state index contributed by atoms with van der Waals surface area (Å²) in [6.45, 7) is 2.49. The van der Waals surface area contributed by atoms with Crippen LogP contribution in [0.2, 0.25) is 0 Å². The summed E-state index contributed by atoms with van der Waals surface area (Å²) in [5.74, 6) is 0. The minimum absolute atomic E-state index is 0.164. The van der Waals surface area contributed by atoms with Crippen molar-refractivity contribution in [2.24, 2.45) is 0 Å². The summed E-state index contributed by atoms with van der Waals surface area (Å²) >= 11 is 0. The largest absolute Gasteiger partial charge is 0.393 e. The maximum atomic E-state index is 9.30. The van der Waals surface area contributed by atoms with Crippen molar-refractivity contribution < 1.29 is 30.3 Å². The molecule has 0 aliphatic rings. The van der Waals surface area contributed by atoms with Gasteiger partial charge in [-0.1, -0.05) is 0 Å². The summed E-state index contributed by atoms with van der Waals surface area (Å²) < 4.78 is 4.89. The monoisotopic (exact) mass is 239 g/mol. The average Bonchev–Trinajstić information content (AvgIpc) is 2.21. The number of aliphatic hydroxyl groups is 5. The predicted octanol–water partition coefficient (Wildman–Crippen LogP) is -2.65. The number of nitrogens with one attached hydrogen (secondary N) is 1. The van der Waals surface area contributed by atoms with E-state index in [9.17, 15) is 10.2 Å². The summed E-state index contributed by atoms with van der Waals surface area (Å²) in [7, 11) is 0. The van der Waals surface area contributed by atoms with E-state index in [2.05, 4.69) is 5.32 Å². The molecule has 0 aromatic heterocycles. The smallest absolute Gasteiger partial charge is 0.185 e. The second-order valence-electron chi connectivity index (χ2n) is 3.70. The molecule has 0 bridgehead atoms. The molecule has 0 saturated heterocycles. The van der Waals surface area contributed by atoms with E-state index in [-0.39, 0.29) is 6.54 Å². The zero-order valence-electron chi connectivity index (χ0n) is 9.45. The van der Waals surface area contributed by atoms with Gasteiger partial charge in [0.25, 0.3) is 0 Å². The third-order valence-corrected chi connectivity index (χ3v) is 1.85. The molecule has 0 aromatic rings. The van der Waals surface area contributed by atoms with Crippen LogP contribution in [0.1, 0.15) is 13.8 Å². The van der Waals surface area contributed by atoms with Crippen molar-refractivity contribution in [3.63, 3.8) is 0 Å². The van der Waals surface area contributed by atoms with Crippen LogP contribution in [0.4, 0.5) is 0 Å². The van der Waals surface area contributed by atoms with Crippen molar-refractivity contribution >= 4 is 0 Å². The van der Waals surface area contributed by atoms with Gasteiger partial charge in [-0.25, -0.2) is 0 Å². The highest BCUT2D eigenvalue weighted by Crippen LogP contribution is 2.03. The lowest BCUT2D eigenvalue weighted by molar-refractivity contribution is -0.218. The number of aliphatic hydroxyl groups excluding tert-OH is 5. The van der Waals surface area contributed by atoms with Crippen LogP contribution in [-0.4, -0.2) is 69.5 Å². The lowest BCUT2D eigenvalue weighted by atomic mass is 10.3. The maximum absolute atomic E-state index is 9.30. The molecule has 0 saturated carbocycles. The summed E-state index contributed by atoms with van der Waals surface area (Å²) in [5, 5.41) is 47.8. The quantitative estimate of drug-likeness (QED) is 0.256. The molecule has 16 heavy (non-hydrogen) atoms. The van der Waals surface area contributed by atoms with Gasteiger partial charge >= 0.3 is 0 Å². The molecule has 0 amide bonds. The van der Waals surface area contributed by atoms with E-state index in [0.29, 0.717) is 0 Å². The minimum atomic E-state index is -1.61. The van der Waals surface area contributed by atoms with Crippen molar-refractivity contribution in [3.05, 3.63) is 0 Å². The van der Waals surface area contributed by atoms with Gasteiger partial charge < -0.3 is 30.3 Å². The molecule has 98 valence electrons. The van der Waals surface area contributed by atoms with E-state index < -0.39 is 37.4 Å². The fraction of sp³-hybridized carbons (Fsp3) is 1.00. The van der Waals surface area contributed by atoms with Crippen LogP contribution in [0.5, 0.6) is 0 Å². The first kappa shape index (κ1) is 15.7. The van der Waals surface area contributed by atoms with Crippen LogP contribution in [-0.2, 0) is 4.74 Å². The summed E-state index contributed by atoms with van der Waals surface area (Å²) in [4.78, 5) is 0. The predicted molar refractivity (Wildman–Crippen MR) is 55.3 cm³/mol. The Morgan fingerprint density at radius 2 is 1.69 bits per heavy atom. The van der Waals surface area contributed by atoms with Gasteiger partial charge in [-0.3, -0.25) is 5.32 Å². The van der Waals surface area contributed by atoms with Crippen LogP contribution >= 0.6 is 0 Å². The van der Waals surface area contributed by atoms with Crippen LogP contribution in [0.25, 0.3) is 0 Å². The molecular weight excluding hydrogens is 218 g/mol. The summed E-state index contributed by atoms with van der Waals surface area (Å²) in [5.41, 5.74) is 0. The summed E-state index contributed by atoms with van der Waals surface area (Å²) in [6.07, 6.45) is -5.56. The van der Waals surface area contributed by atoms with Gasteiger partial charge in [0.2, 0.25) is 0 Å². The second-order valence-corrected chi connectivity index (χ2v) is 3.70. The van der Waals surface area contributed by atoms with Crippen molar-refractivity contribution in [1.82, 2.24) is 5.32 Å². The molecule has 0 aliphatic carbocycles. The fourth-order valence-electron chi connectivity index (χ4n) is 0.950. The molecule has 0 radical (unpaired) electrons. The average molecular weight is 239 g/mol. The minimum Gasteiger partial charge on any atom is -0.393 e. The first-order valence-corrected chi connectivity index (χ1v) is 5.10.